The molecule has 2 N–H and O–H groups in total. The summed E-state index contributed by atoms with van der Waals surface area (Å²) in [6.07, 6.45) is 10.0. The Morgan fingerprint density at radius 2 is 1.93 bits per heavy atom. The molecule has 2 atom stereocenters. The van der Waals surface area contributed by atoms with Gasteiger partial charge in [-0.15, -0.1) is 0 Å². The van der Waals surface area contributed by atoms with E-state index in [2.05, 4.69) is 12.2 Å². The van der Waals surface area contributed by atoms with Crippen molar-refractivity contribution in [3.8, 4) is 0 Å². The molecule has 90 valence electrons. The quantitative estimate of drug-likeness (QED) is 0.608. The van der Waals surface area contributed by atoms with Gasteiger partial charge in [0.25, 0.3) is 0 Å². The number of nitrogens with one attached hydrogen (secondary N) is 1. The Balaban J connectivity index is 1.81. The van der Waals surface area contributed by atoms with Gasteiger partial charge in [-0.25, -0.2) is 0 Å². The van der Waals surface area contributed by atoms with Gasteiger partial charge in [-0.1, -0.05) is 32.6 Å². The summed E-state index contributed by atoms with van der Waals surface area (Å²) in [5, 5.41) is 12.9. The molecule has 0 aromatic carbocycles. The lowest BCUT2D eigenvalue weighted by Gasteiger charge is -2.10. The average molecular weight is 213 g/mol. The largest absolute Gasteiger partial charge is 0.393 e. The first-order chi connectivity index (χ1) is 7.33. The normalized spacial score (nSPS) is 26.0. The van der Waals surface area contributed by atoms with Crippen LogP contribution in [0.5, 0.6) is 0 Å². The van der Waals surface area contributed by atoms with Gasteiger partial charge in [-0.05, 0) is 44.7 Å². The summed E-state index contributed by atoms with van der Waals surface area (Å²) in [6, 6.07) is 0. The van der Waals surface area contributed by atoms with Gasteiger partial charge in [0.05, 0.1) is 6.10 Å². The molecular weight excluding hydrogens is 186 g/mol. The molecule has 0 amide bonds. The highest BCUT2D eigenvalue weighted by atomic mass is 16.3. The van der Waals surface area contributed by atoms with Gasteiger partial charge >= 0.3 is 0 Å². The van der Waals surface area contributed by atoms with Crippen LogP contribution in [0.4, 0.5) is 0 Å². The number of hydrogen-bond donors (Lipinski definition) is 2. The highest BCUT2D eigenvalue weighted by Crippen LogP contribution is 2.24. The Morgan fingerprint density at radius 3 is 2.60 bits per heavy atom. The molecule has 0 aliphatic heterocycles. The van der Waals surface area contributed by atoms with Gasteiger partial charge in [0.2, 0.25) is 0 Å². The lowest BCUT2D eigenvalue weighted by Crippen LogP contribution is -2.22. The maximum absolute atomic E-state index is 9.37. The first-order valence-corrected chi connectivity index (χ1v) is 6.71. The van der Waals surface area contributed by atoms with Crippen molar-refractivity contribution in [3.05, 3.63) is 0 Å². The summed E-state index contributed by atoms with van der Waals surface area (Å²) < 4.78 is 0. The molecule has 2 heteroatoms. The van der Waals surface area contributed by atoms with E-state index in [0.717, 1.165) is 31.8 Å². The van der Waals surface area contributed by atoms with Gasteiger partial charge < -0.3 is 10.4 Å². The molecule has 0 saturated heterocycles. The summed E-state index contributed by atoms with van der Waals surface area (Å²) in [5.74, 6) is 0.732. The molecule has 2 nitrogen and oxygen atoms in total. The monoisotopic (exact) mass is 213 g/mol. The Labute approximate surface area is 94.5 Å². The number of hydrogen-bond acceptors (Lipinski definition) is 2. The van der Waals surface area contributed by atoms with Gasteiger partial charge in [-0.2, -0.15) is 0 Å². The Hall–Kier alpha value is -0.0800. The SMILES string of the molecule is CCCCCCCNCC1CCC(O)C1. The van der Waals surface area contributed by atoms with E-state index in [1.807, 2.05) is 0 Å². The minimum absolute atomic E-state index is 0.0126. The van der Waals surface area contributed by atoms with E-state index in [-0.39, 0.29) is 6.10 Å². The smallest absolute Gasteiger partial charge is 0.0543 e. The lowest BCUT2D eigenvalue weighted by molar-refractivity contribution is 0.177. The standard InChI is InChI=1S/C13H27NO/c1-2-3-4-5-6-9-14-11-12-7-8-13(15)10-12/h12-15H,2-11H2,1H3. The van der Waals surface area contributed by atoms with E-state index in [9.17, 15) is 5.11 Å². The number of rotatable bonds is 8. The molecule has 15 heavy (non-hydrogen) atoms. The van der Waals surface area contributed by atoms with E-state index in [1.165, 1.54) is 38.5 Å². The van der Waals surface area contributed by atoms with Crippen LogP contribution in [0.3, 0.4) is 0 Å². The van der Waals surface area contributed by atoms with Crippen LogP contribution >= 0.6 is 0 Å². The van der Waals surface area contributed by atoms with Gasteiger partial charge in [0.15, 0.2) is 0 Å². The molecule has 1 saturated carbocycles. The van der Waals surface area contributed by atoms with Gasteiger partial charge in [-0.3, -0.25) is 0 Å². The Bertz CT molecular complexity index is 149. The van der Waals surface area contributed by atoms with Crippen molar-refractivity contribution in [3.63, 3.8) is 0 Å². The van der Waals surface area contributed by atoms with Crippen LogP contribution < -0.4 is 5.32 Å². The fourth-order valence-corrected chi connectivity index (χ4v) is 2.39. The molecule has 0 radical (unpaired) electrons. The van der Waals surface area contributed by atoms with Crippen molar-refractivity contribution in [2.75, 3.05) is 13.1 Å². The predicted molar refractivity (Wildman–Crippen MR) is 65.0 cm³/mol. The molecule has 0 bridgehead atoms. The predicted octanol–water partition coefficient (Wildman–Crippen LogP) is 2.71. The van der Waals surface area contributed by atoms with Gasteiger partial charge in [0.1, 0.15) is 0 Å². The first kappa shape index (κ1) is 13.0. The molecule has 1 aliphatic carbocycles. The van der Waals surface area contributed by atoms with Crippen LogP contribution in [0.15, 0.2) is 0 Å². The Morgan fingerprint density at radius 1 is 1.13 bits per heavy atom. The van der Waals surface area contributed by atoms with Crippen molar-refractivity contribution in [1.29, 1.82) is 0 Å². The van der Waals surface area contributed by atoms with E-state index in [0.29, 0.717) is 0 Å². The average Bonchev–Trinajstić information content (AvgIpc) is 2.63. The summed E-state index contributed by atoms with van der Waals surface area (Å²) in [7, 11) is 0. The molecule has 1 fully saturated rings. The maximum Gasteiger partial charge on any atom is 0.0543 e. The minimum atomic E-state index is -0.0126. The van der Waals surface area contributed by atoms with E-state index in [4.69, 9.17) is 0 Å². The van der Waals surface area contributed by atoms with E-state index >= 15 is 0 Å². The van der Waals surface area contributed by atoms with Crippen LogP contribution in [0.1, 0.15) is 58.3 Å². The highest BCUT2D eigenvalue weighted by Gasteiger charge is 2.21. The zero-order valence-corrected chi connectivity index (χ0v) is 10.2. The third-order valence-electron chi connectivity index (χ3n) is 3.40. The molecule has 0 heterocycles. The summed E-state index contributed by atoms with van der Waals surface area (Å²) in [4.78, 5) is 0. The molecule has 0 spiro atoms. The molecule has 2 unspecified atom stereocenters. The van der Waals surface area contributed by atoms with Gasteiger partial charge in [0, 0.05) is 0 Å². The lowest BCUT2D eigenvalue weighted by atomic mass is 10.1. The number of unbranched alkanes of at least 4 members (excludes halogenated alkanes) is 4. The van der Waals surface area contributed by atoms with Crippen molar-refractivity contribution >= 4 is 0 Å². The Kier molecular flexibility index (Phi) is 7.03. The van der Waals surface area contributed by atoms with Crippen LogP contribution in [-0.4, -0.2) is 24.3 Å². The maximum atomic E-state index is 9.37. The van der Waals surface area contributed by atoms with Crippen LogP contribution in [0.25, 0.3) is 0 Å². The molecule has 0 aromatic heterocycles. The van der Waals surface area contributed by atoms with E-state index < -0.39 is 0 Å². The summed E-state index contributed by atoms with van der Waals surface area (Å²) in [6.45, 7) is 4.53. The van der Waals surface area contributed by atoms with Crippen LogP contribution in [-0.2, 0) is 0 Å². The second-order valence-corrected chi connectivity index (χ2v) is 4.95. The van der Waals surface area contributed by atoms with Crippen molar-refractivity contribution < 1.29 is 5.11 Å². The van der Waals surface area contributed by atoms with E-state index in [1.54, 1.807) is 0 Å². The first-order valence-electron chi connectivity index (χ1n) is 6.71. The summed E-state index contributed by atoms with van der Waals surface area (Å²) >= 11 is 0. The highest BCUT2D eigenvalue weighted by molar-refractivity contribution is 4.75. The van der Waals surface area contributed by atoms with Crippen molar-refractivity contribution in [2.24, 2.45) is 5.92 Å². The summed E-state index contributed by atoms with van der Waals surface area (Å²) in [5.41, 5.74) is 0. The molecule has 1 rings (SSSR count). The second-order valence-electron chi connectivity index (χ2n) is 4.95. The zero-order valence-electron chi connectivity index (χ0n) is 10.2. The minimum Gasteiger partial charge on any atom is -0.393 e. The van der Waals surface area contributed by atoms with Crippen LogP contribution in [0, 0.1) is 5.92 Å². The van der Waals surface area contributed by atoms with Crippen molar-refractivity contribution in [1.82, 2.24) is 5.32 Å². The van der Waals surface area contributed by atoms with Crippen molar-refractivity contribution in [2.45, 2.75) is 64.4 Å². The molecule has 0 aromatic rings. The number of aliphatic hydroxyl groups is 1. The third-order valence-corrected chi connectivity index (χ3v) is 3.40. The molecule has 1 aliphatic rings. The second kappa shape index (κ2) is 8.12. The zero-order chi connectivity index (χ0) is 10.9. The fraction of sp³-hybridized carbons (Fsp3) is 1.00. The fourth-order valence-electron chi connectivity index (χ4n) is 2.39. The molecular formula is C13H27NO. The number of aliphatic hydroxyl groups excluding tert-OH is 1. The van der Waals surface area contributed by atoms with Crippen LogP contribution in [0.2, 0.25) is 0 Å². The topological polar surface area (TPSA) is 32.3 Å². The third kappa shape index (κ3) is 6.16.